The van der Waals surface area contributed by atoms with Crippen LogP contribution in [0, 0.1) is 0 Å². The average Bonchev–Trinajstić information content (AvgIpc) is 3.19. The highest BCUT2D eigenvalue weighted by atomic mass is 16.5. The second kappa shape index (κ2) is 7.40. The van der Waals surface area contributed by atoms with Gasteiger partial charge < -0.3 is 19.8 Å². The van der Waals surface area contributed by atoms with Crippen molar-refractivity contribution in [2.45, 2.75) is 12.5 Å². The molecular weight excluding hydrogens is 380 g/mol. The van der Waals surface area contributed by atoms with Crippen molar-refractivity contribution >= 4 is 34.2 Å². The predicted octanol–water partition coefficient (Wildman–Crippen LogP) is 4.83. The summed E-state index contributed by atoms with van der Waals surface area (Å²) in [5.74, 6) is 0.695. The summed E-state index contributed by atoms with van der Waals surface area (Å²) in [6, 6.07) is 24.3. The number of amides is 2. The Balaban J connectivity index is 1.25. The van der Waals surface area contributed by atoms with Crippen LogP contribution in [0.15, 0.2) is 83.3 Å². The molecule has 30 heavy (non-hydrogen) atoms. The van der Waals surface area contributed by atoms with Crippen LogP contribution in [0.25, 0.3) is 22.3 Å². The minimum Gasteiger partial charge on any atom is -0.478 e. The zero-order valence-corrected chi connectivity index (χ0v) is 15.9. The fraction of sp³-hybridized carbons (Fsp3) is 0.0833. The number of benzene rings is 3. The van der Waals surface area contributed by atoms with Crippen molar-refractivity contribution in [3.8, 4) is 17.1 Å². The van der Waals surface area contributed by atoms with Gasteiger partial charge in [-0.1, -0.05) is 30.3 Å². The number of nitrogens with one attached hydrogen (secondary N) is 2. The Labute approximate surface area is 172 Å². The predicted molar refractivity (Wildman–Crippen MR) is 114 cm³/mol. The molecule has 1 aliphatic heterocycles. The van der Waals surface area contributed by atoms with Crippen LogP contribution < -0.4 is 15.4 Å². The molecule has 0 fully saturated rings. The molecule has 0 saturated carbocycles. The number of furan rings is 1. The van der Waals surface area contributed by atoms with Gasteiger partial charge in [-0.2, -0.15) is 0 Å². The van der Waals surface area contributed by atoms with E-state index in [4.69, 9.17) is 9.15 Å². The standard InChI is InChI=1S/C24H18N2O4/c27-23(14-22-24(28)26-18-6-2-4-8-20(18)30-22)25-17-11-9-15(10-12-17)21-13-16-5-1-3-7-19(16)29-21/h1-13,22H,14H2,(H,25,27)(H,26,28)/t22-/m0/s1. The number of hydrogen-bond acceptors (Lipinski definition) is 4. The van der Waals surface area contributed by atoms with E-state index >= 15 is 0 Å². The minimum atomic E-state index is -0.866. The van der Waals surface area contributed by atoms with E-state index < -0.39 is 6.10 Å². The summed E-state index contributed by atoms with van der Waals surface area (Å²) in [4.78, 5) is 24.6. The van der Waals surface area contributed by atoms with Crippen LogP contribution in [-0.4, -0.2) is 17.9 Å². The van der Waals surface area contributed by atoms with E-state index in [-0.39, 0.29) is 18.2 Å². The summed E-state index contributed by atoms with van der Waals surface area (Å²) in [7, 11) is 0. The Morgan fingerprint density at radius 1 is 0.967 bits per heavy atom. The lowest BCUT2D eigenvalue weighted by molar-refractivity contribution is -0.128. The van der Waals surface area contributed by atoms with Crippen molar-refractivity contribution in [2.24, 2.45) is 0 Å². The van der Waals surface area contributed by atoms with Gasteiger partial charge in [-0.25, -0.2) is 0 Å². The molecule has 6 heteroatoms. The zero-order chi connectivity index (χ0) is 20.5. The minimum absolute atomic E-state index is 0.0779. The lowest BCUT2D eigenvalue weighted by atomic mass is 10.1. The zero-order valence-electron chi connectivity index (χ0n) is 15.9. The molecule has 4 aromatic rings. The summed E-state index contributed by atoms with van der Waals surface area (Å²) in [5.41, 5.74) is 2.99. The van der Waals surface area contributed by atoms with Crippen molar-refractivity contribution in [3.05, 3.63) is 78.9 Å². The number of fused-ring (bicyclic) bond motifs is 2. The third-order valence-corrected chi connectivity index (χ3v) is 4.96. The van der Waals surface area contributed by atoms with Gasteiger partial charge in [0.05, 0.1) is 12.1 Å². The SMILES string of the molecule is O=C(C[C@@H]1Oc2ccccc2NC1=O)Nc1ccc(-c2cc3ccccc3o2)cc1. The van der Waals surface area contributed by atoms with Crippen LogP contribution in [0.1, 0.15) is 6.42 Å². The molecule has 1 atom stereocenters. The molecule has 1 aromatic heterocycles. The largest absolute Gasteiger partial charge is 0.478 e. The summed E-state index contributed by atoms with van der Waals surface area (Å²) < 4.78 is 11.5. The third-order valence-electron chi connectivity index (χ3n) is 4.96. The summed E-state index contributed by atoms with van der Waals surface area (Å²) in [6.45, 7) is 0. The first kappa shape index (κ1) is 18.0. The van der Waals surface area contributed by atoms with Crippen molar-refractivity contribution in [3.63, 3.8) is 0 Å². The van der Waals surface area contributed by atoms with Gasteiger partial charge in [-0.15, -0.1) is 0 Å². The summed E-state index contributed by atoms with van der Waals surface area (Å²) in [5, 5.41) is 6.61. The maximum Gasteiger partial charge on any atom is 0.266 e. The Morgan fingerprint density at radius 2 is 1.73 bits per heavy atom. The number of para-hydroxylation sites is 3. The van der Waals surface area contributed by atoms with Crippen LogP contribution >= 0.6 is 0 Å². The van der Waals surface area contributed by atoms with E-state index in [2.05, 4.69) is 10.6 Å². The molecule has 0 unspecified atom stereocenters. The molecule has 2 heterocycles. The van der Waals surface area contributed by atoms with Gasteiger partial charge in [0.15, 0.2) is 6.10 Å². The fourth-order valence-electron chi connectivity index (χ4n) is 3.45. The highest BCUT2D eigenvalue weighted by molar-refractivity contribution is 6.02. The van der Waals surface area contributed by atoms with Crippen molar-refractivity contribution < 1.29 is 18.7 Å². The summed E-state index contributed by atoms with van der Waals surface area (Å²) in [6.07, 6.45) is -0.944. The third kappa shape index (κ3) is 3.51. The second-order valence-corrected chi connectivity index (χ2v) is 7.07. The van der Waals surface area contributed by atoms with Gasteiger partial charge in [0.1, 0.15) is 17.1 Å². The monoisotopic (exact) mass is 398 g/mol. The first-order valence-corrected chi connectivity index (χ1v) is 9.61. The number of carbonyl (C=O) groups is 2. The number of ether oxygens (including phenoxy) is 1. The summed E-state index contributed by atoms with van der Waals surface area (Å²) >= 11 is 0. The van der Waals surface area contributed by atoms with Crippen molar-refractivity contribution in [1.29, 1.82) is 0 Å². The molecule has 2 amide bonds. The van der Waals surface area contributed by atoms with E-state index in [9.17, 15) is 9.59 Å². The van der Waals surface area contributed by atoms with Crippen LogP contribution in [0.5, 0.6) is 5.75 Å². The van der Waals surface area contributed by atoms with E-state index in [1.807, 2.05) is 54.6 Å². The number of anilines is 2. The smallest absolute Gasteiger partial charge is 0.266 e. The molecule has 0 radical (unpaired) electrons. The van der Waals surface area contributed by atoms with Gasteiger partial charge in [-0.05, 0) is 48.5 Å². The van der Waals surface area contributed by atoms with Gasteiger partial charge >= 0.3 is 0 Å². The van der Waals surface area contributed by atoms with Crippen LogP contribution in [0.3, 0.4) is 0 Å². The molecule has 6 nitrogen and oxygen atoms in total. The molecule has 0 aliphatic carbocycles. The maximum absolute atomic E-state index is 12.4. The topological polar surface area (TPSA) is 80.6 Å². The number of rotatable bonds is 4. The lowest BCUT2D eigenvalue weighted by Crippen LogP contribution is -2.39. The van der Waals surface area contributed by atoms with E-state index in [1.165, 1.54) is 0 Å². The van der Waals surface area contributed by atoms with Gasteiger partial charge in [-0.3, -0.25) is 9.59 Å². The average molecular weight is 398 g/mol. The molecule has 1 aliphatic rings. The Bertz CT molecular complexity index is 1210. The van der Waals surface area contributed by atoms with Gasteiger partial charge in [0.25, 0.3) is 5.91 Å². The van der Waals surface area contributed by atoms with Crippen molar-refractivity contribution in [1.82, 2.24) is 0 Å². The molecule has 2 N–H and O–H groups in total. The number of hydrogen-bond donors (Lipinski definition) is 2. The molecular formula is C24H18N2O4. The van der Waals surface area contributed by atoms with E-state index in [0.29, 0.717) is 17.1 Å². The Kier molecular flexibility index (Phi) is 4.44. The molecule has 148 valence electrons. The Hall–Kier alpha value is -4.06. The van der Waals surface area contributed by atoms with Crippen LogP contribution in [-0.2, 0) is 9.59 Å². The Morgan fingerprint density at radius 3 is 2.57 bits per heavy atom. The highest BCUT2D eigenvalue weighted by Crippen LogP contribution is 2.30. The molecule has 0 saturated heterocycles. The van der Waals surface area contributed by atoms with Gasteiger partial charge in [0, 0.05) is 16.6 Å². The molecule has 5 rings (SSSR count). The van der Waals surface area contributed by atoms with Crippen molar-refractivity contribution in [2.75, 3.05) is 10.6 Å². The highest BCUT2D eigenvalue weighted by Gasteiger charge is 2.29. The van der Waals surface area contributed by atoms with Crippen LogP contribution in [0.2, 0.25) is 0 Å². The van der Waals surface area contributed by atoms with E-state index in [0.717, 1.165) is 22.3 Å². The molecule has 0 spiro atoms. The quantitative estimate of drug-likeness (QED) is 0.516. The second-order valence-electron chi connectivity index (χ2n) is 7.07. The fourth-order valence-corrected chi connectivity index (χ4v) is 3.45. The maximum atomic E-state index is 12.4. The molecule has 3 aromatic carbocycles. The molecule has 0 bridgehead atoms. The first-order chi connectivity index (χ1) is 14.7. The normalized spacial score (nSPS) is 15.2. The van der Waals surface area contributed by atoms with Crippen LogP contribution in [0.4, 0.5) is 11.4 Å². The van der Waals surface area contributed by atoms with E-state index in [1.54, 1.807) is 24.3 Å². The first-order valence-electron chi connectivity index (χ1n) is 9.61. The number of carbonyl (C=O) groups excluding carboxylic acids is 2. The van der Waals surface area contributed by atoms with Gasteiger partial charge in [0.2, 0.25) is 5.91 Å². The lowest BCUT2D eigenvalue weighted by Gasteiger charge is -2.25.